The Morgan fingerprint density at radius 3 is 2.50 bits per heavy atom. The van der Waals surface area contributed by atoms with E-state index >= 15 is 0 Å². The smallest absolute Gasteiger partial charge is 0.291 e. The third kappa shape index (κ3) is 5.14. The second kappa shape index (κ2) is 4.30. The third-order valence-electron chi connectivity index (χ3n) is 0.660. The second-order valence-electron chi connectivity index (χ2n) is 1.37. The maximum absolute atomic E-state index is 9.63. The molecule has 0 saturated carbocycles. The molecule has 3 heteroatoms. The summed E-state index contributed by atoms with van der Waals surface area (Å²) in [5, 5.41) is 9.63. The van der Waals surface area contributed by atoms with Crippen molar-refractivity contribution >= 4 is 12.3 Å². The van der Waals surface area contributed by atoms with E-state index in [9.17, 15) is 14.7 Å². The third-order valence-corrected chi connectivity index (χ3v) is 0.660. The summed E-state index contributed by atoms with van der Waals surface area (Å²) in [6.07, 6.45) is 2.06. The zero-order valence-corrected chi connectivity index (χ0v) is 4.35. The Morgan fingerprint density at radius 1 is 1.50 bits per heavy atom. The van der Waals surface area contributed by atoms with Crippen LogP contribution >= 0.6 is 0 Å². The highest BCUT2D eigenvalue weighted by molar-refractivity contribution is 5.66. The van der Waals surface area contributed by atoms with E-state index in [2.05, 4.69) is 0 Å². The molecule has 0 N–H and O–H groups in total. The molecule has 0 aromatic rings. The quantitative estimate of drug-likeness (QED) is 0.491. The molecule has 44 valence electrons. The van der Waals surface area contributed by atoms with Crippen molar-refractivity contribution in [3.8, 4) is 0 Å². The summed E-state index contributed by atoms with van der Waals surface area (Å²) in [6.45, 7) is 0. The Hall–Kier alpha value is -0.860. The molecule has 0 unspecified atom stereocenters. The second-order valence-corrected chi connectivity index (χ2v) is 1.37. The molecule has 0 aromatic carbocycles. The van der Waals surface area contributed by atoms with Crippen LogP contribution < -0.4 is 0 Å². The predicted octanol–water partition coefficient (Wildman–Crippen LogP) is 0.223. The van der Waals surface area contributed by atoms with Crippen molar-refractivity contribution < 1.29 is 14.7 Å². The SMILES string of the molecule is [O]C(=O)CCC[C]=O. The Morgan fingerprint density at radius 2 is 2.12 bits per heavy atom. The molecule has 0 fully saturated rings. The summed E-state index contributed by atoms with van der Waals surface area (Å²) in [6, 6.07) is 0. The van der Waals surface area contributed by atoms with Gasteiger partial charge in [0.2, 0.25) is 0 Å². The predicted molar refractivity (Wildman–Crippen MR) is 25.2 cm³/mol. The van der Waals surface area contributed by atoms with Gasteiger partial charge in [0, 0.05) is 6.42 Å². The molecule has 0 atom stereocenters. The monoisotopic (exact) mass is 114 g/mol. The Kier molecular flexibility index (Phi) is 3.84. The van der Waals surface area contributed by atoms with Crippen LogP contribution in [0, 0.1) is 0 Å². The molecule has 0 aromatic heterocycles. The average molecular weight is 114 g/mol. The lowest BCUT2D eigenvalue weighted by Crippen LogP contribution is -1.91. The lowest BCUT2D eigenvalue weighted by atomic mass is 10.2. The molecular weight excluding hydrogens is 108 g/mol. The number of hydrogen-bond donors (Lipinski definition) is 0. The first-order valence-electron chi connectivity index (χ1n) is 2.32. The van der Waals surface area contributed by atoms with Crippen molar-refractivity contribution in [1.82, 2.24) is 0 Å². The molecule has 0 aliphatic rings. The van der Waals surface area contributed by atoms with Crippen LogP contribution in [0.25, 0.3) is 0 Å². The van der Waals surface area contributed by atoms with Crippen molar-refractivity contribution in [2.75, 3.05) is 0 Å². The van der Waals surface area contributed by atoms with Gasteiger partial charge < -0.3 is 0 Å². The lowest BCUT2D eigenvalue weighted by molar-refractivity contribution is -0.143. The molecule has 0 rings (SSSR count). The number of carbonyl (C=O) groups is 1. The average Bonchev–Trinajstić information content (AvgIpc) is 1.66. The summed E-state index contributed by atoms with van der Waals surface area (Å²) in [5.41, 5.74) is 0. The van der Waals surface area contributed by atoms with Crippen LogP contribution in [0.3, 0.4) is 0 Å². The minimum atomic E-state index is -1.11. The van der Waals surface area contributed by atoms with Crippen LogP contribution in [0.15, 0.2) is 0 Å². The van der Waals surface area contributed by atoms with Crippen LogP contribution in [0.1, 0.15) is 19.3 Å². The van der Waals surface area contributed by atoms with Gasteiger partial charge >= 0.3 is 5.97 Å². The molecule has 2 radical (unpaired) electrons. The van der Waals surface area contributed by atoms with Gasteiger partial charge in [-0.25, -0.2) is 9.90 Å². The molecule has 0 aliphatic carbocycles. The topological polar surface area (TPSA) is 54.0 Å². The fraction of sp³-hybridized carbons (Fsp3) is 0.600. The molecule has 0 amide bonds. The van der Waals surface area contributed by atoms with E-state index < -0.39 is 5.97 Å². The van der Waals surface area contributed by atoms with Gasteiger partial charge in [0.1, 0.15) is 0 Å². The minimum Gasteiger partial charge on any atom is -0.291 e. The van der Waals surface area contributed by atoms with E-state index in [4.69, 9.17) is 0 Å². The van der Waals surface area contributed by atoms with E-state index in [0.717, 1.165) is 0 Å². The molecule has 0 heterocycles. The molecule has 0 aliphatic heterocycles. The van der Waals surface area contributed by atoms with Crippen LogP contribution in [0.5, 0.6) is 0 Å². The van der Waals surface area contributed by atoms with Crippen LogP contribution in [-0.4, -0.2) is 12.3 Å². The van der Waals surface area contributed by atoms with Gasteiger partial charge in [-0.1, -0.05) is 0 Å². The summed E-state index contributed by atoms with van der Waals surface area (Å²) < 4.78 is 0. The fourth-order valence-electron chi connectivity index (χ4n) is 0.305. The van der Waals surface area contributed by atoms with Crippen LogP contribution in [-0.2, 0) is 14.7 Å². The molecule has 3 nitrogen and oxygen atoms in total. The van der Waals surface area contributed by atoms with E-state index in [1.807, 2.05) is 0 Å². The largest absolute Gasteiger partial charge is 0.355 e. The van der Waals surface area contributed by atoms with Gasteiger partial charge in [0.15, 0.2) is 6.29 Å². The Bertz CT molecular complexity index is 87.7. The number of rotatable bonds is 4. The number of carbonyl (C=O) groups excluding carboxylic acids is 2. The first-order chi connectivity index (χ1) is 3.77. The van der Waals surface area contributed by atoms with Crippen molar-refractivity contribution in [2.24, 2.45) is 0 Å². The number of unbranched alkanes of at least 4 members (excludes halogenated alkanes) is 1. The summed E-state index contributed by atoms with van der Waals surface area (Å²) in [7, 11) is 0. The van der Waals surface area contributed by atoms with E-state index in [1.54, 1.807) is 6.29 Å². The first kappa shape index (κ1) is 7.14. The zero-order valence-electron chi connectivity index (χ0n) is 4.35. The van der Waals surface area contributed by atoms with Gasteiger partial charge in [0.05, 0.1) is 6.42 Å². The van der Waals surface area contributed by atoms with Gasteiger partial charge in [-0.15, -0.1) is 0 Å². The summed E-state index contributed by atoms with van der Waals surface area (Å²) >= 11 is 0. The normalized spacial score (nSPS) is 8.50. The summed E-state index contributed by atoms with van der Waals surface area (Å²) in [4.78, 5) is 19.1. The highest BCUT2D eigenvalue weighted by atomic mass is 16.4. The van der Waals surface area contributed by atoms with Crippen molar-refractivity contribution in [1.29, 1.82) is 0 Å². The lowest BCUT2D eigenvalue weighted by Gasteiger charge is -1.81. The van der Waals surface area contributed by atoms with Crippen molar-refractivity contribution in [3.63, 3.8) is 0 Å². The summed E-state index contributed by atoms with van der Waals surface area (Å²) in [5.74, 6) is -1.11. The Labute approximate surface area is 47.3 Å². The first-order valence-corrected chi connectivity index (χ1v) is 2.32. The molecule has 8 heavy (non-hydrogen) atoms. The van der Waals surface area contributed by atoms with Gasteiger partial charge in [-0.3, -0.25) is 4.79 Å². The van der Waals surface area contributed by atoms with Gasteiger partial charge in [-0.05, 0) is 6.42 Å². The number of hydrogen-bond acceptors (Lipinski definition) is 2. The van der Waals surface area contributed by atoms with Gasteiger partial charge in [0.25, 0.3) is 0 Å². The minimum absolute atomic E-state index is 0.0464. The molecular formula is C5H6O3. The van der Waals surface area contributed by atoms with E-state index in [-0.39, 0.29) is 12.8 Å². The highest BCUT2D eigenvalue weighted by Crippen LogP contribution is 1.90. The maximum Gasteiger partial charge on any atom is 0.355 e. The van der Waals surface area contributed by atoms with Gasteiger partial charge in [-0.2, -0.15) is 0 Å². The highest BCUT2D eigenvalue weighted by Gasteiger charge is 1.96. The fourth-order valence-corrected chi connectivity index (χ4v) is 0.305. The molecule has 0 saturated heterocycles. The van der Waals surface area contributed by atoms with Crippen LogP contribution in [0.2, 0.25) is 0 Å². The molecule has 0 spiro atoms. The van der Waals surface area contributed by atoms with Crippen LogP contribution in [0.4, 0.5) is 0 Å². The van der Waals surface area contributed by atoms with Crippen molar-refractivity contribution in [3.05, 3.63) is 0 Å². The zero-order chi connectivity index (χ0) is 6.41. The Balaban J connectivity index is 2.93. The maximum atomic E-state index is 9.63. The van der Waals surface area contributed by atoms with E-state index in [0.29, 0.717) is 6.42 Å². The van der Waals surface area contributed by atoms with Crippen molar-refractivity contribution in [2.45, 2.75) is 19.3 Å². The van der Waals surface area contributed by atoms with E-state index in [1.165, 1.54) is 0 Å². The molecule has 0 bridgehead atoms. The standard InChI is InChI=1S/C5H6O3/c6-4-2-1-3-5(7)8/h1-3H2.